The highest BCUT2D eigenvalue weighted by atomic mass is 16.3. The van der Waals surface area contributed by atoms with Gasteiger partial charge < -0.3 is 4.42 Å². The summed E-state index contributed by atoms with van der Waals surface area (Å²) in [6.45, 7) is 1.93. The summed E-state index contributed by atoms with van der Waals surface area (Å²) in [5.74, 6) is -0.258. The molecule has 1 unspecified atom stereocenters. The number of aromatic nitrogens is 1. The van der Waals surface area contributed by atoms with E-state index in [-0.39, 0.29) is 17.7 Å². The molecule has 1 atom stereocenters. The molecule has 1 aromatic heterocycles. The third kappa shape index (κ3) is 2.87. The van der Waals surface area contributed by atoms with E-state index in [0.29, 0.717) is 0 Å². The summed E-state index contributed by atoms with van der Waals surface area (Å²) >= 11 is 0. The number of Topliss-reactive ketones (excluding diaryl/α,β-unsaturated/α-hetero) is 1. The highest BCUT2D eigenvalue weighted by Gasteiger charge is 2.08. The molecule has 0 bridgehead atoms. The van der Waals surface area contributed by atoms with E-state index >= 15 is 0 Å². The number of carbonyl (C=O) groups excluding carboxylic acids is 1. The van der Waals surface area contributed by atoms with Gasteiger partial charge in [-0.25, -0.2) is 4.98 Å². The molecular weight excluding hydrogens is 216 g/mol. The summed E-state index contributed by atoms with van der Waals surface area (Å²) < 4.78 is 4.88. The number of nitrogens with zero attached hydrogens (tertiary/aromatic N) is 2. The maximum absolute atomic E-state index is 11.5. The van der Waals surface area contributed by atoms with Gasteiger partial charge in [0.25, 0.3) is 11.7 Å². The average molecular weight is 228 g/mol. The number of rotatable bonds is 4. The third-order valence-corrected chi connectivity index (χ3v) is 2.34. The summed E-state index contributed by atoms with van der Waals surface area (Å²) in [7, 11) is 0. The predicted octanol–water partition coefficient (Wildman–Crippen LogP) is 2.69. The monoisotopic (exact) mass is 228 g/mol. The van der Waals surface area contributed by atoms with Gasteiger partial charge in [0.15, 0.2) is 0 Å². The first-order valence-electron chi connectivity index (χ1n) is 5.29. The molecule has 1 heterocycles. The van der Waals surface area contributed by atoms with Gasteiger partial charge in [0.1, 0.15) is 6.26 Å². The van der Waals surface area contributed by atoms with Gasteiger partial charge in [-0.3, -0.25) is 9.79 Å². The van der Waals surface area contributed by atoms with Gasteiger partial charge in [0, 0.05) is 0 Å². The molecule has 1 aromatic carbocycles. The summed E-state index contributed by atoms with van der Waals surface area (Å²) in [5, 5.41) is 0. The lowest BCUT2D eigenvalue weighted by atomic mass is 10.1. The van der Waals surface area contributed by atoms with Crippen molar-refractivity contribution in [3.05, 3.63) is 54.2 Å². The molecule has 4 heteroatoms. The Morgan fingerprint density at radius 1 is 1.41 bits per heavy atom. The van der Waals surface area contributed by atoms with Crippen molar-refractivity contribution in [1.29, 1.82) is 0 Å². The molecule has 0 fully saturated rings. The van der Waals surface area contributed by atoms with Crippen molar-refractivity contribution in [1.82, 2.24) is 4.98 Å². The van der Waals surface area contributed by atoms with E-state index in [4.69, 9.17) is 4.42 Å². The van der Waals surface area contributed by atoms with Gasteiger partial charge in [0.2, 0.25) is 0 Å². The van der Waals surface area contributed by atoms with Crippen molar-refractivity contribution < 1.29 is 9.21 Å². The molecule has 0 saturated heterocycles. The van der Waals surface area contributed by atoms with E-state index in [9.17, 15) is 4.79 Å². The first-order chi connectivity index (χ1) is 8.27. The van der Waals surface area contributed by atoms with Crippen LogP contribution in [0.2, 0.25) is 0 Å². The molecule has 0 saturated carbocycles. The van der Waals surface area contributed by atoms with Crippen LogP contribution in [0, 0.1) is 0 Å². The first kappa shape index (κ1) is 11.3. The quantitative estimate of drug-likeness (QED) is 0.597. The van der Waals surface area contributed by atoms with Crippen LogP contribution in [0.3, 0.4) is 0 Å². The summed E-state index contributed by atoms with van der Waals surface area (Å²) in [4.78, 5) is 19.5. The second-order valence-corrected chi connectivity index (χ2v) is 3.57. The van der Waals surface area contributed by atoms with Crippen LogP contribution in [0.5, 0.6) is 0 Å². The lowest BCUT2D eigenvalue weighted by Crippen LogP contribution is -2.02. The van der Waals surface area contributed by atoms with Crippen LogP contribution in [-0.2, 0) is 0 Å². The lowest BCUT2D eigenvalue weighted by molar-refractivity contribution is 0.104. The van der Waals surface area contributed by atoms with Gasteiger partial charge in [0.05, 0.1) is 18.5 Å². The van der Waals surface area contributed by atoms with E-state index in [0.717, 1.165) is 5.56 Å². The minimum Gasteiger partial charge on any atom is -0.442 e. The van der Waals surface area contributed by atoms with Gasteiger partial charge in [-0.05, 0) is 12.5 Å². The number of oxazole rings is 1. The largest absolute Gasteiger partial charge is 0.442 e. The smallest absolute Gasteiger partial charge is 0.269 e. The molecule has 0 aliphatic rings. The van der Waals surface area contributed by atoms with Crippen molar-refractivity contribution in [3.63, 3.8) is 0 Å². The number of hydrogen-bond acceptors (Lipinski definition) is 4. The molecule has 0 N–H and O–H groups in total. The molecule has 0 aliphatic heterocycles. The van der Waals surface area contributed by atoms with Gasteiger partial charge in [-0.15, -0.1) is 0 Å². The second kappa shape index (κ2) is 5.21. The van der Waals surface area contributed by atoms with Gasteiger partial charge in [-0.1, -0.05) is 30.3 Å². The fourth-order valence-electron chi connectivity index (χ4n) is 1.40. The Morgan fingerprint density at radius 2 is 2.18 bits per heavy atom. The number of carbonyl (C=O) groups is 1. The highest BCUT2D eigenvalue weighted by molar-refractivity contribution is 6.33. The number of ketones is 1. The Kier molecular flexibility index (Phi) is 3.45. The van der Waals surface area contributed by atoms with E-state index in [1.54, 1.807) is 0 Å². The van der Waals surface area contributed by atoms with E-state index < -0.39 is 0 Å². The van der Waals surface area contributed by atoms with Crippen molar-refractivity contribution in [3.8, 4) is 0 Å². The van der Waals surface area contributed by atoms with E-state index in [1.807, 2.05) is 37.3 Å². The Morgan fingerprint density at radius 3 is 2.82 bits per heavy atom. The van der Waals surface area contributed by atoms with Crippen LogP contribution in [-0.4, -0.2) is 17.0 Å². The van der Waals surface area contributed by atoms with Crippen molar-refractivity contribution >= 4 is 12.0 Å². The number of aliphatic imine (C=N–C) groups is 1. The highest BCUT2D eigenvalue weighted by Crippen LogP contribution is 2.15. The zero-order valence-electron chi connectivity index (χ0n) is 9.41. The van der Waals surface area contributed by atoms with Gasteiger partial charge >= 0.3 is 0 Å². The molecule has 86 valence electrons. The maximum atomic E-state index is 11.5. The minimum atomic E-state index is -0.321. The molecule has 17 heavy (non-hydrogen) atoms. The first-order valence-corrected chi connectivity index (χ1v) is 5.29. The third-order valence-electron chi connectivity index (χ3n) is 2.34. The van der Waals surface area contributed by atoms with Crippen molar-refractivity contribution in [2.45, 2.75) is 13.0 Å². The van der Waals surface area contributed by atoms with Crippen LogP contribution in [0.4, 0.5) is 0 Å². The molecule has 0 spiro atoms. The number of benzene rings is 1. The Labute approximate surface area is 99.0 Å². The van der Waals surface area contributed by atoms with Crippen molar-refractivity contribution in [2.75, 3.05) is 0 Å². The molecule has 0 radical (unpaired) electrons. The molecule has 2 rings (SSSR count). The Bertz CT molecular complexity index is 503. The summed E-state index contributed by atoms with van der Waals surface area (Å²) in [6, 6.07) is 9.71. The molecule has 2 aromatic rings. The normalized spacial score (nSPS) is 12.8. The fourth-order valence-corrected chi connectivity index (χ4v) is 1.40. The topological polar surface area (TPSA) is 55.5 Å². The van der Waals surface area contributed by atoms with Crippen LogP contribution in [0.15, 0.2) is 52.2 Å². The van der Waals surface area contributed by atoms with E-state index in [2.05, 4.69) is 9.98 Å². The minimum absolute atomic E-state index is 0.0601. The number of hydrogen-bond donors (Lipinski definition) is 0. The van der Waals surface area contributed by atoms with Gasteiger partial charge in [-0.2, -0.15) is 0 Å². The molecular formula is C13H12N2O2. The SMILES string of the molecule is CC(N=CC(=O)c1ncco1)c1ccccc1. The van der Waals surface area contributed by atoms with E-state index in [1.165, 1.54) is 18.7 Å². The fraction of sp³-hybridized carbons (Fsp3) is 0.154. The summed E-state index contributed by atoms with van der Waals surface area (Å²) in [6.07, 6.45) is 4.05. The maximum Gasteiger partial charge on any atom is 0.269 e. The molecule has 0 amide bonds. The van der Waals surface area contributed by atoms with Crippen LogP contribution in [0.25, 0.3) is 0 Å². The summed E-state index contributed by atoms with van der Waals surface area (Å²) in [5.41, 5.74) is 1.06. The van der Waals surface area contributed by atoms with Crippen LogP contribution < -0.4 is 0 Å². The molecule has 0 aliphatic carbocycles. The van der Waals surface area contributed by atoms with Crippen LogP contribution in [0.1, 0.15) is 29.2 Å². The van der Waals surface area contributed by atoms with Crippen LogP contribution >= 0.6 is 0 Å². The lowest BCUT2D eigenvalue weighted by Gasteiger charge is -2.04. The zero-order chi connectivity index (χ0) is 12.1. The Balaban J connectivity index is 2.04. The second-order valence-electron chi connectivity index (χ2n) is 3.57. The predicted molar refractivity (Wildman–Crippen MR) is 64.2 cm³/mol. The molecule has 4 nitrogen and oxygen atoms in total. The zero-order valence-corrected chi connectivity index (χ0v) is 9.41. The Hall–Kier alpha value is -2.23. The average Bonchev–Trinajstić information content (AvgIpc) is 2.90. The van der Waals surface area contributed by atoms with Crippen molar-refractivity contribution in [2.24, 2.45) is 4.99 Å². The standard InChI is InChI=1S/C13H12N2O2/c1-10(11-5-3-2-4-6-11)15-9-12(16)13-14-7-8-17-13/h2-10H,1H3.